The van der Waals surface area contributed by atoms with Crippen LogP contribution < -0.4 is 0 Å². The molecule has 94 valence electrons. The van der Waals surface area contributed by atoms with Gasteiger partial charge < -0.3 is 14.9 Å². The standard InChI is InChI=1S/C13H15N3O2/c1-10-12(16-17)5-2-6-13(10)18-7-3-4-11-8-14-9-15-11/h2,5-6,8-9,17H,1,3-4,7H2,(H,14,15). The highest BCUT2D eigenvalue weighted by Crippen LogP contribution is 2.17. The highest BCUT2D eigenvalue weighted by Gasteiger charge is 2.12. The van der Waals surface area contributed by atoms with Crippen molar-refractivity contribution in [2.45, 2.75) is 12.8 Å². The largest absolute Gasteiger partial charge is 0.493 e. The zero-order valence-corrected chi connectivity index (χ0v) is 9.97. The molecule has 0 atom stereocenters. The van der Waals surface area contributed by atoms with Crippen LogP contribution in [0, 0.1) is 0 Å². The quantitative estimate of drug-likeness (QED) is 0.474. The number of aryl methyl sites for hydroxylation is 1. The molecule has 0 bridgehead atoms. The lowest BCUT2D eigenvalue weighted by molar-refractivity contribution is 0.217. The normalized spacial score (nSPS) is 17.0. The minimum Gasteiger partial charge on any atom is -0.493 e. The maximum Gasteiger partial charge on any atom is 0.128 e. The predicted octanol–water partition coefficient (Wildman–Crippen LogP) is 2.20. The Hall–Kier alpha value is -2.30. The van der Waals surface area contributed by atoms with E-state index in [1.165, 1.54) is 0 Å². The van der Waals surface area contributed by atoms with Gasteiger partial charge in [-0.3, -0.25) is 0 Å². The molecule has 0 aromatic carbocycles. The van der Waals surface area contributed by atoms with Crippen LogP contribution >= 0.6 is 0 Å². The van der Waals surface area contributed by atoms with E-state index in [9.17, 15) is 0 Å². The third kappa shape index (κ3) is 2.88. The number of hydrogen-bond donors (Lipinski definition) is 2. The molecule has 1 aliphatic rings. The van der Waals surface area contributed by atoms with Gasteiger partial charge in [0.15, 0.2) is 0 Å². The van der Waals surface area contributed by atoms with Crippen molar-refractivity contribution < 1.29 is 9.94 Å². The van der Waals surface area contributed by atoms with Crippen LogP contribution in [-0.4, -0.2) is 27.5 Å². The molecule has 0 saturated carbocycles. The van der Waals surface area contributed by atoms with Gasteiger partial charge in [-0.05, 0) is 25.0 Å². The molecular formula is C13H15N3O2. The zero-order valence-electron chi connectivity index (χ0n) is 9.97. The average Bonchev–Trinajstić information content (AvgIpc) is 2.89. The molecule has 0 saturated heterocycles. The number of H-pyrrole nitrogens is 1. The number of imidazole rings is 1. The van der Waals surface area contributed by atoms with Crippen molar-refractivity contribution in [2.24, 2.45) is 5.16 Å². The predicted molar refractivity (Wildman–Crippen MR) is 68.4 cm³/mol. The SMILES string of the molecule is C=C1C(OCCCc2c[nH]cn2)=CC=CC1=NO. The molecule has 1 heterocycles. The van der Waals surface area contributed by atoms with Gasteiger partial charge in [-0.15, -0.1) is 0 Å². The van der Waals surface area contributed by atoms with Crippen molar-refractivity contribution in [3.05, 3.63) is 54.4 Å². The lowest BCUT2D eigenvalue weighted by Crippen LogP contribution is -2.08. The van der Waals surface area contributed by atoms with Crippen LogP contribution in [0.2, 0.25) is 0 Å². The highest BCUT2D eigenvalue weighted by molar-refractivity contribution is 6.11. The summed E-state index contributed by atoms with van der Waals surface area (Å²) in [6.07, 6.45) is 10.5. The first-order valence-electron chi connectivity index (χ1n) is 5.72. The Morgan fingerprint density at radius 1 is 1.50 bits per heavy atom. The van der Waals surface area contributed by atoms with Gasteiger partial charge in [0.1, 0.15) is 11.5 Å². The topological polar surface area (TPSA) is 70.5 Å². The van der Waals surface area contributed by atoms with Crippen LogP contribution in [0.5, 0.6) is 0 Å². The van der Waals surface area contributed by atoms with Crippen molar-refractivity contribution >= 4 is 5.71 Å². The van der Waals surface area contributed by atoms with E-state index >= 15 is 0 Å². The second kappa shape index (κ2) is 5.86. The van der Waals surface area contributed by atoms with Crippen molar-refractivity contribution in [1.82, 2.24) is 9.97 Å². The van der Waals surface area contributed by atoms with E-state index in [0.717, 1.165) is 18.5 Å². The summed E-state index contributed by atoms with van der Waals surface area (Å²) in [4.78, 5) is 7.04. The number of oxime groups is 1. The molecule has 0 amide bonds. The van der Waals surface area contributed by atoms with E-state index in [1.807, 2.05) is 12.3 Å². The van der Waals surface area contributed by atoms with Crippen LogP contribution in [-0.2, 0) is 11.2 Å². The fourth-order valence-corrected chi connectivity index (χ4v) is 1.65. The van der Waals surface area contributed by atoms with Crippen molar-refractivity contribution in [2.75, 3.05) is 6.61 Å². The minimum absolute atomic E-state index is 0.430. The van der Waals surface area contributed by atoms with E-state index in [1.54, 1.807) is 18.5 Å². The molecule has 0 aliphatic heterocycles. The first-order valence-corrected chi connectivity index (χ1v) is 5.72. The van der Waals surface area contributed by atoms with Crippen LogP contribution in [0.4, 0.5) is 0 Å². The van der Waals surface area contributed by atoms with Gasteiger partial charge in [-0.1, -0.05) is 17.8 Å². The minimum atomic E-state index is 0.430. The molecule has 2 N–H and O–H groups in total. The molecule has 5 heteroatoms. The summed E-state index contributed by atoms with van der Waals surface area (Å²) in [6, 6.07) is 0. The lowest BCUT2D eigenvalue weighted by Gasteiger charge is -2.14. The number of nitrogens with zero attached hydrogens (tertiary/aromatic N) is 2. The summed E-state index contributed by atoms with van der Waals surface area (Å²) in [6.45, 7) is 4.40. The first-order chi connectivity index (χ1) is 8.81. The molecule has 2 rings (SSSR count). The molecular weight excluding hydrogens is 230 g/mol. The van der Waals surface area contributed by atoms with Gasteiger partial charge in [0.25, 0.3) is 0 Å². The molecule has 0 radical (unpaired) electrons. The van der Waals surface area contributed by atoms with Crippen molar-refractivity contribution in [3.63, 3.8) is 0 Å². The van der Waals surface area contributed by atoms with E-state index in [4.69, 9.17) is 9.94 Å². The summed E-state index contributed by atoms with van der Waals surface area (Å²) >= 11 is 0. The smallest absolute Gasteiger partial charge is 0.128 e. The van der Waals surface area contributed by atoms with Crippen LogP contribution in [0.3, 0.4) is 0 Å². The maximum absolute atomic E-state index is 8.76. The summed E-state index contributed by atoms with van der Waals surface area (Å²) < 4.78 is 5.61. The number of allylic oxidation sites excluding steroid dienone is 4. The van der Waals surface area contributed by atoms with Crippen molar-refractivity contribution in [1.29, 1.82) is 0 Å². The van der Waals surface area contributed by atoms with Crippen LogP contribution in [0.15, 0.2) is 53.8 Å². The fourth-order valence-electron chi connectivity index (χ4n) is 1.65. The molecule has 0 unspecified atom stereocenters. The summed E-state index contributed by atoms with van der Waals surface area (Å²) in [5.74, 6) is 0.646. The zero-order chi connectivity index (χ0) is 12.8. The second-order valence-electron chi connectivity index (χ2n) is 3.87. The van der Waals surface area contributed by atoms with E-state index in [-0.39, 0.29) is 0 Å². The van der Waals surface area contributed by atoms with Crippen molar-refractivity contribution in [3.8, 4) is 0 Å². The molecule has 1 aromatic heterocycles. The Balaban J connectivity index is 1.78. The molecule has 5 nitrogen and oxygen atoms in total. The molecule has 1 aliphatic carbocycles. The number of rotatable bonds is 5. The van der Waals surface area contributed by atoms with E-state index in [0.29, 0.717) is 23.7 Å². The number of ether oxygens (including phenoxy) is 1. The van der Waals surface area contributed by atoms with E-state index in [2.05, 4.69) is 21.7 Å². The molecule has 0 spiro atoms. The molecule has 0 fully saturated rings. The van der Waals surface area contributed by atoms with Gasteiger partial charge in [-0.2, -0.15) is 0 Å². The summed E-state index contributed by atoms with van der Waals surface area (Å²) in [5.41, 5.74) is 2.05. The average molecular weight is 245 g/mol. The fraction of sp³-hybridized carbons (Fsp3) is 0.231. The monoisotopic (exact) mass is 245 g/mol. The van der Waals surface area contributed by atoms with Gasteiger partial charge in [0, 0.05) is 11.8 Å². The van der Waals surface area contributed by atoms with Gasteiger partial charge in [0.2, 0.25) is 0 Å². The Morgan fingerprint density at radius 2 is 2.39 bits per heavy atom. The molecule has 1 aromatic rings. The number of hydrogen-bond acceptors (Lipinski definition) is 4. The van der Waals surface area contributed by atoms with Gasteiger partial charge >= 0.3 is 0 Å². The second-order valence-corrected chi connectivity index (χ2v) is 3.87. The lowest BCUT2D eigenvalue weighted by atomic mass is 10.1. The first kappa shape index (κ1) is 12.2. The van der Waals surface area contributed by atoms with Gasteiger partial charge in [-0.25, -0.2) is 4.98 Å². The number of aromatic nitrogens is 2. The summed E-state index contributed by atoms with van der Waals surface area (Å²) in [5, 5.41) is 11.9. The third-order valence-corrected chi connectivity index (χ3v) is 2.61. The Morgan fingerprint density at radius 3 is 3.11 bits per heavy atom. The van der Waals surface area contributed by atoms with Gasteiger partial charge in [0.05, 0.1) is 18.6 Å². The number of aromatic amines is 1. The van der Waals surface area contributed by atoms with Crippen LogP contribution in [0.25, 0.3) is 0 Å². The Kier molecular flexibility index (Phi) is 3.96. The highest BCUT2D eigenvalue weighted by atomic mass is 16.5. The maximum atomic E-state index is 8.76. The van der Waals surface area contributed by atoms with E-state index < -0.39 is 0 Å². The summed E-state index contributed by atoms with van der Waals surface area (Å²) in [7, 11) is 0. The van der Waals surface area contributed by atoms with Crippen LogP contribution in [0.1, 0.15) is 12.1 Å². The third-order valence-electron chi connectivity index (χ3n) is 2.61. The molecule has 18 heavy (non-hydrogen) atoms. The Labute approximate surface area is 105 Å². The Bertz CT molecular complexity index is 498. The number of nitrogens with one attached hydrogen (secondary N) is 1.